The number of ether oxygens (including phenoxy) is 2. The molecule has 0 bridgehead atoms. The van der Waals surface area contributed by atoms with Gasteiger partial charge in [-0.05, 0) is 31.5 Å². The molecule has 1 saturated heterocycles. The Labute approximate surface area is 106 Å². The summed E-state index contributed by atoms with van der Waals surface area (Å²) >= 11 is 0. The Morgan fingerprint density at radius 2 is 2.50 bits per heavy atom. The lowest BCUT2D eigenvalue weighted by Crippen LogP contribution is -2.46. The number of amides is 1. The van der Waals surface area contributed by atoms with Crippen LogP contribution in [0.5, 0.6) is 11.6 Å². The molecular weight excluding hydrogens is 234 g/mol. The summed E-state index contributed by atoms with van der Waals surface area (Å²) in [5.41, 5.74) is 0. The molecule has 1 aliphatic heterocycles. The van der Waals surface area contributed by atoms with Crippen LogP contribution in [0.25, 0.3) is 0 Å². The second-order valence-electron chi connectivity index (χ2n) is 4.09. The zero-order chi connectivity index (χ0) is 12.8. The van der Waals surface area contributed by atoms with Crippen molar-refractivity contribution < 1.29 is 14.3 Å². The molecule has 1 aromatic rings. The van der Waals surface area contributed by atoms with Gasteiger partial charge in [-0.3, -0.25) is 0 Å². The maximum Gasteiger partial charge on any atom is 0.413 e. The van der Waals surface area contributed by atoms with E-state index in [9.17, 15) is 4.79 Å². The van der Waals surface area contributed by atoms with Gasteiger partial charge in [0.15, 0.2) is 5.75 Å². The maximum atomic E-state index is 11.7. The number of carbonyl (C=O) groups excluding carboxylic acids is 1. The minimum absolute atomic E-state index is 0.119. The summed E-state index contributed by atoms with van der Waals surface area (Å²) in [4.78, 5) is 15.7. The molecule has 1 fully saturated rings. The van der Waals surface area contributed by atoms with E-state index >= 15 is 0 Å². The summed E-state index contributed by atoms with van der Waals surface area (Å²) in [6.45, 7) is 1.78. The van der Waals surface area contributed by atoms with Crippen LogP contribution in [-0.4, -0.2) is 37.3 Å². The molecule has 0 saturated carbocycles. The summed E-state index contributed by atoms with van der Waals surface area (Å²) in [6, 6.07) is 3.45. The van der Waals surface area contributed by atoms with Crippen LogP contribution in [0.1, 0.15) is 12.8 Å². The molecule has 0 spiro atoms. The number of nitrogens with one attached hydrogen (secondary N) is 2. The van der Waals surface area contributed by atoms with Crippen LogP contribution in [0.4, 0.5) is 4.79 Å². The molecule has 1 unspecified atom stereocenters. The Morgan fingerprint density at radius 3 is 3.22 bits per heavy atom. The number of aromatic nitrogens is 1. The molecule has 6 nitrogen and oxygen atoms in total. The lowest BCUT2D eigenvalue weighted by Gasteiger charge is -2.23. The number of carbonyl (C=O) groups is 1. The number of methoxy groups -OCH3 is 1. The van der Waals surface area contributed by atoms with Crippen molar-refractivity contribution in [2.24, 2.45) is 0 Å². The lowest BCUT2D eigenvalue weighted by molar-refractivity contribution is 0.190. The van der Waals surface area contributed by atoms with Gasteiger partial charge in [0, 0.05) is 18.8 Å². The third kappa shape index (κ3) is 3.33. The Morgan fingerprint density at radius 1 is 1.61 bits per heavy atom. The van der Waals surface area contributed by atoms with Crippen LogP contribution in [0.3, 0.4) is 0 Å². The zero-order valence-corrected chi connectivity index (χ0v) is 10.3. The first kappa shape index (κ1) is 12.6. The van der Waals surface area contributed by atoms with Gasteiger partial charge in [-0.1, -0.05) is 0 Å². The van der Waals surface area contributed by atoms with Crippen molar-refractivity contribution in [3.05, 3.63) is 18.3 Å². The fraction of sp³-hybridized carbons (Fsp3) is 0.500. The first-order chi connectivity index (χ1) is 8.79. The molecule has 2 heterocycles. The standard InChI is InChI=1S/C12H17N3O3/c1-17-11-10(5-3-7-14-11)18-12(16)15-9-4-2-6-13-8-9/h3,5,7,9,13H,2,4,6,8H2,1H3,(H,15,16). The Bertz CT molecular complexity index is 405. The van der Waals surface area contributed by atoms with Gasteiger partial charge in [0.2, 0.25) is 0 Å². The van der Waals surface area contributed by atoms with E-state index in [2.05, 4.69) is 15.6 Å². The van der Waals surface area contributed by atoms with Gasteiger partial charge in [-0.25, -0.2) is 9.78 Å². The predicted molar refractivity (Wildman–Crippen MR) is 65.8 cm³/mol. The van der Waals surface area contributed by atoms with E-state index in [1.165, 1.54) is 7.11 Å². The van der Waals surface area contributed by atoms with E-state index in [1.54, 1.807) is 18.3 Å². The third-order valence-electron chi connectivity index (χ3n) is 2.75. The average molecular weight is 251 g/mol. The highest BCUT2D eigenvalue weighted by atomic mass is 16.6. The van der Waals surface area contributed by atoms with Gasteiger partial charge in [-0.15, -0.1) is 0 Å². The average Bonchev–Trinajstić information content (AvgIpc) is 2.40. The molecular formula is C12H17N3O3. The molecule has 98 valence electrons. The van der Waals surface area contributed by atoms with Crippen LogP contribution >= 0.6 is 0 Å². The largest absolute Gasteiger partial charge is 0.478 e. The summed E-state index contributed by atoms with van der Waals surface area (Å²) in [5.74, 6) is 0.621. The SMILES string of the molecule is COc1ncccc1OC(=O)NC1CCCNC1. The first-order valence-electron chi connectivity index (χ1n) is 5.97. The molecule has 0 radical (unpaired) electrons. The molecule has 1 aromatic heterocycles. The minimum atomic E-state index is -0.477. The van der Waals surface area contributed by atoms with E-state index in [0.717, 1.165) is 25.9 Å². The van der Waals surface area contributed by atoms with Crippen molar-refractivity contribution in [1.29, 1.82) is 0 Å². The van der Waals surface area contributed by atoms with E-state index in [4.69, 9.17) is 9.47 Å². The Kier molecular flexibility index (Phi) is 4.35. The zero-order valence-electron chi connectivity index (χ0n) is 10.3. The molecule has 2 rings (SSSR count). The number of nitrogens with zero attached hydrogens (tertiary/aromatic N) is 1. The van der Waals surface area contributed by atoms with E-state index in [-0.39, 0.29) is 6.04 Å². The quantitative estimate of drug-likeness (QED) is 0.836. The monoisotopic (exact) mass is 251 g/mol. The van der Waals surface area contributed by atoms with Crippen molar-refractivity contribution in [2.45, 2.75) is 18.9 Å². The highest BCUT2D eigenvalue weighted by Crippen LogP contribution is 2.22. The van der Waals surface area contributed by atoms with Crippen LogP contribution < -0.4 is 20.1 Å². The fourth-order valence-corrected chi connectivity index (χ4v) is 1.88. The Hall–Kier alpha value is -1.82. The summed E-state index contributed by atoms with van der Waals surface area (Å²) in [6.07, 6.45) is 3.12. The van der Waals surface area contributed by atoms with Gasteiger partial charge in [0.05, 0.1) is 7.11 Å². The van der Waals surface area contributed by atoms with Gasteiger partial charge in [0.1, 0.15) is 0 Å². The van der Waals surface area contributed by atoms with E-state index in [0.29, 0.717) is 11.6 Å². The van der Waals surface area contributed by atoms with Gasteiger partial charge >= 0.3 is 6.09 Å². The van der Waals surface area contributed by atoms with Crippen LogP contribution in [0.15, 0.2) is 18.3 Å². The van der Waals surface area contributed by atoms with Crippen molar-refractivity contribution >= 4 is 6.09 Å². The topological polar surface area (TPSA) is 72.5 Å². The van der Waals surface area contributed by atoms with Gasteiger partial charge < -0.3 is 20.1 Å². The van der Waals surface area contributed by atoms with Crippen molar-refractivity contribution in [3.8, 4) is 11.6 Å². The minimum Gasteiger partial charge on any atom is -0.478 e. The second kappa shape index (κ2) is 6.20. The molecule has 0 aliphatic carbocycles. The highest BCUT2D eigenvalue weighted by molar-refractivity contribution is 5.71. The van der Waals surface area contributed by atoms with Gasteiger partial charge in [-0.2, -0.15) is 0 Å². The second-order valence-corrected chi connectivity index (χ2v) is 4.09. The molecule has 6 heteroatoms. The number of pyridine rings is 1. The molecule has 1 amide bonds. The first-order valence-corrected chi connectivity index (χ1v) is 5.97. The molecule has 1 aliphatic rings. The van der Waals surface area contributed by atoms with Gasteiger partial charge in [0.25, 0.3) is 5.88 Å². The smallest absolute Gasteiger partial charge is 0.413 e. The van der Waals surface area contributed by atoms with Crippen molar-refractivity contribution in [3.63, 3.8) is 0 Å². The summed E-state index contributed by atoms with van der Waals surface area (Å²) < 4.78 is 10.2. The number of rotatable bonds is 3. The molecule has 2 N–H and O–H groups in total. The Balaban J connectivity index is 1.90. The number of hydrogen-bond acceptors (Lipinski definition) is 5. The summed E-state index contributed by atoms with van der Waals surface area (Å²) in [5, 5.41) is 6.03. The van der Waals surface area contributed by atoms with E-state index < -0.39 is 6.09 Å². The molecule has 1 atom stereocenters. The normalized spacial score (nSPS) is 19.1. The van der Waals surface area contributed by atoms with Crippen LogP contribution in [-0.2, 0) is 0 Å². The van der Waals surface area contributed by atoms with E-state index in [1.807, 2.05) is 0 Å². The third-order valence-corrected chi connectivity index (χ3v) is 2.75. The number of piperidine rings is 1. The maximum absolute atomic E-state index is 11.7. The van der Waals surface area contributed by atoms with Crippen LogP contribution in [0, 0.1) is 0 Å². The molecule has 0 aromatic carbocycles. The van der Waals surface area contributed by atoms with Crippen LogP contribution in [0.2, 0.25) is 0 Å². The summed E-state index contributed by atoms with van der Waals surface area (Å²) in [7, 11) is 1.48. The van der Waals surface area contributed by atoms with Crippen molar-refractivity contribution in [1.82, 2.24) is 15.6 Å². The predicted octanol–water partition coefficient (Wildman–Crippen LogP) is 0.931. The lowest BCUT2D eigenvalue weighted by atomic mass is 10.1. The van der Waals surface area contributed by atoms with Crippen molar-refractivity contribution in [2.75, 3.05) is 20.2 Å². The highest BCUT2D eigenvalue weighted by Gasteiger charge is 2.17. The number of hydrogen-bond donors (Lipinski definition) is 2. The fourth-order valence-electron chi connectivity index (χ4n) is 1.88. The molecule has 18 heavy (non-hydrogen) atoms.